The number of likely N-dealkylation sites (tertiary alicyclic amines) is 1. The van der Waals surface area contributed by atoms with Gasteiger partial charge in [-0.2, -0.15) is 0 Å². The van der Waals surface area contributed by atoms with Crippen molar-refractivity contribution in [3.8, 4) is 0 Å². The first-order valence-corrected chi connectivity index (χ1v) is 8.65. The van der Waals surface area contributed by atoms with E-state index in [1.807, 2.05) is 12.1 Å². The highest BCUT2D eigenvalue weighted by molar-refractivity contribution is 7.99. The summed E-state index contributed by atoms with van der Waals surface area (Å²) in [5, 5.41) is 8.89. The van der Waals surface area contributed by atoms with Crippen LogP contribution < -0.4 is 0 Å². The fraction of sp³-hybridized carbons (Fsp3) is 0.538. The van der Waals surface area contributed by atoms with Crippen molar-refractivity contribution in [2.75, 3.05) is 18.8 Å². The minimum Gasteiger partial charge on any atom is -0.481 e. The summed E-state index contributed by atoms with van der Waals surface area (Å²) in [6.45, 7) is 2.83. The van der Waals surface area contributed by atoms with Crippen LogP contribution in [0, 0.1) is 11.8 Å². The van der Waals surface area contributed by atoms with Crippen LogP contribution in [0.2, 0.25) is 4.34 Å². The molecule has 1 amide bonds. The lowest BCUT2D eigenvalue weighted by atomic mass is 9.87. The van der Waals surface area contributed by atoms with Gasteiger partial charge < -0.3 is 10.0 Å². The Morgan fingerprint density at radius 3 is 2.80 bits per heavy atom. The van der Waals surface area contributed by atoms with Crippen molar-refractivity contribution in [2.24, 2.45) is 11.8 Å². The van der Waals surface area contributed by atoms with E-state index in [-0.39, 0.29) is 17.7 Å². The molecule has 4 nitrogen and oxygen atoms in total. The molecule has 1 atom stereocenters. The van der Waals surface area contributed by atoms with Crippen molar-refractivity contribution in [3.05, 3.63) is 21.3 Å². The van der Waals surface area contributed by atoms with E-state index in [2.05, 4.69) is 0 Å². The molecular formula is C13H16ClNO3S2. The Hall–Kier alpha value is -0.720. The fourth-order valence-electron chi connectivity index (χ4n) is 1.99. The number of hydrogen-bond acceptors (Lipinski definition) is 4. The van der Waals surface area contributed by atoms with E-state index in [1.165, 1.54) is 11.3 Å². The smallest absolute Gasteiger partial charge is 0.306 e. The van der Waals surface area contributed by atoms with Crippen molar-refractivity contribution in [1.29, 1.82) is 0 Å². The Balaban J connectivity index is 1.66. The van der Waals surface area contributed by atoms with Gasteiger partial charge in [0, 0.05) is 29.6 Å². The minimum absolute atomic E-state index is 0.0893. The van der Waals surface area contributed by atoms with Crippen molar-refractivity contribution >= 4 is 46.6 Å². The highest BCUT2D eigenvalue weighted by Crippen LogP contribution is 2.27. The van der Waals surface area contributed by atoms with Gasteiger partial charge in [0.25, 0.3) is 0 Å². The van der Waals surface area contributed by atoms with Crippen LogP contribution in [0.3, 0.4) is 0 Å². The number of carbonyl (C=O) groups is 2. The fourth-order valence-corrected chi connectivity index (χ4v) is 4.12. The van der Waals surface area contributed by atoms with Crippen molar-refractivity contribution < 1.29 is 14.7 Å². The third-order valence-corrected chi connectivity index (χ3v) is 5.84. The molecule has 0 bridgehead atoms. The summed E-state index contributed by atoms with van der Waals surface area (Å²) in [4.78, 5) is 25.6. The van der Waals surface area contributed by atoms with Crippen LogP contribution in [-0.2, 0) is 15.3 Å². The number of thioether (sulfide) groups is 1. The lowest BCUT2D eigenvalue weighted by molar-refractivity contribution is -0.149. The standard InChI is InChI=1S/C13H16ClNO3S2/c1-8(13(17)18)9-4-15(5-9)12(16)7-19-6-10-2-3-11(14)20-10/h2-3,8-9H,4-7H2,1H3,(H,17,18). The van der Waals surface area contributed by atoms with Gasteiger partial charge in [0.15, 0.2) is 0 Å². The van der Waals surface area contributed by atoms with Gasteiger partial charge in [-0.05, 0) is 12.1 Å². The normalized spacial score (nSPS) is 16.8. The van der Waals surface area contributed by atoms with E-state index in [1.54, 1.807) is 23.6 Å². The summed E-state index contributed by atoms with van der Waals surface area (Å²) in [6.07, 6.45) is 0. The van der Waals surface area contributed by atoms with Gasteiger partial charge in [-0.1, -0.05) is 18.5 Å². The number of carboxylic acid groups (broad SMARTS) is 1. The SMILES string of the molecule is CC(C(=O)O)C1CN(C(=O)CSCc2ccc(Cl)s2)C1. The van der Waals surface area contributed by atoms with Crippen molar-refractivity contribution in [3.63, 3.8) is 0 Å². The average Bonchev–Trinajstić information content (AvgIpc) is 2.73. The summed E-state index contributed by atoms with van der Waals surface area (Å²) in [5.41, 5.74) is 0. The first-order chi connectivity index (χ1) is 9.47. The zero-order valence-electron chi connectivity index (χ0n) is 11.0. The number of rotatable bonds is 6. The molecule has 1 unspecified atom stereocenters. The van der Waals surface area contributed by atoms with E-state index < -0.39 is 5.97 Å². The Morgan fingerprint density at radius 1 is 1.55 bits per heavy atom. The predicted octanol–water partition coefficient (Wildman–Crippen LogP) is 2.81. The number of carbonyl (C=O) groups excluding carboxylic acids is 1. The second kappa shape index (κ2) is 6.83. The molecule has 0 aliphatic carbocycles. The molecule has 110 valence electrons. The molecule has 0 saturated carbocycles. The molecule has 0 aromatic carbocycles. The molecule has 2 heterocycles. The molecule has 1 aliphatic heterocycles. The highest BCUT2D eigenvalue weighted by atomic mass is 35.5. The third kappa shape index (κ3) is 3.90. The van der Waals surface area contributed by atoms with Gasteiger partial charge in [0.1, 0.15) is 0 Å². The molecule has 1 N–H and O–H groups in total. The summed E-state index contributed by atoms with van der Waals surface area (Å²) < 4.78 is 0.764. The number of hydrogen-bond donors (Lipinski definition) is 1. The van der Waals surface area contributed by atoms with Gasteiger partial charge in [-0.25, -0.2) is 0 Å². The van der Waals surface area contributed by atoms with Crippen LogP contribution in [0.5, 0.6) is 0 Å². The van der Waals surface area contributed by atoms with E-state index in [4.69, 9.17) is 16.7 Å². The summed E-state index contributed by atoms with van der Waals surface area (Å²) >= 11 is 8.94. The quantitative estimate of drug-likeness (QED) is 0.869. The summed E-state index contributed by atoms with van der Waals surface area (Å²) in [7, 11) is 0. The zero-order chi connectivity index (χ0) is 14.7. The van der Waals surface area contributed by atoms with Gasteiger partial charge in [-0.15, -0.1) is 23.1 Å². The maximum Gasteiger partial charge on any atom is 0.306 e. The van der Waals surface area contributed by atoms with E-state index in [0.29, 0.717) is 18.8 Å². The maximum absolute atomic E-state index is 11.9. The zero-order valence-corrected chi connectivity index (χ0v) is 13.4. The molecule has 1 saturated heterocycles. The molecule has 1 aromatic heterocycles. The molecular weight excluding hydrogens is 318 g/mol. The topological polar surface area (TPSA) is 57.6 Å². The summed E-state index contributed by atoms with van der Waals surface area (Å²) in [6, 6.07) is 3.83. The van der Waals surface area contributed by atoms with E-state index >= 15 is 0 Å². The first kappa shape index (κ1) is 15.7. The number of aliphatic carboxylic acids is 1. The highest BCUT2D eigenvalue weighted by Gasteiger charge is 2.36. The van der Waals surface area contributed by atoms with E-state index in [9.17, 15) is 9.59 Å². The van der Waals surface area contributed by atoms with Gasteiger partial charge in [0.2, 0.25) is 5.91 Å². The molecule has 7 heteroatoms. The largest absolute Gasteiger partial charge is 0.481 e. The van der Waals surface area contributed by atoms with Crippen LogP contribution in [0.4, 0.5) is 0 Å². The number of nitrogens with zero attached hydrogens (tertiary/aromatic N) is 1. The van der Waals surface area contributed by atoms with Crippen LogP contribution in [0.1, 0.15) is 11.8 Å². The number of thiophene rings is 1. The van der Waals surface area contributed by atoms with Gasteiger partial charge in [-0.3, -0.25) is 9.59 Å². The summed E-state index contributed by atoms with van der Waals surface area (Å²) in [5.74, 6) is 0.241. The van der Waals surface area contributed by atoms with Gasteiger partial charge >= 0.3 is 5.97 Å². The van der Waals surface area contributed by atoms with Crippen molar-refractivity contribution in [2.45, 2.75) is 12.7 Å². The number of halogens is 1. The lowest BCUT2D eigenvalue weighted by Crippen LogP contribution is -2.54. The number of carboxylic acids is 1. The molecule has 1 aromatic rings. The minimum atomic E-state index is -0.786. The molecule has 1 fully saturated rings. The van der Waals surface area contributed by atoms with Gasteiger partial charge in [0.05, 0.1) is 16.0 Å². The molecule has 0 spiro atoms. The lowest BCUT2D eigenvalue weighted by Gasteiger charge is -2.41. The Labute approximate surface area is 131 Å². The molecule has 0 radical (unpaired) electrons. The molecule has 2 rings (SSSR count). The van der Waals surface area contributed by atoms with Crippen LogP contribution in [0.15, 0.2) is 12.1 Å². The monoisotopic (exact) mass is 333 g/mol. The Kier molecular flexibility index (Phi) is 5.35. The van der Waals surface area contributed by atoms with E-state index in [0.717, 1.165) is 15.0 Å². The third-order valence-electron chi connectivity index (χ3n) is 3.46. The van der Waals surface area contributed by atoms with Crippen LogP contribution in [-0.4, -0.2) is 40.7 Å². The predicted molar refractivity (Wildman–Crippen MR) is 82.4 cm³/mol. The van der Waals surface area contributed by atoms with Crippen molar-refractivity contribution in [1.82, 2.24) is 4.90 Å². The number of amides is 1. The van der Waals surface area contributed by atoms with Crippen LogP contribution >= 0.6 is 34.7 Å². The Bertz CT molecular complexity index is 500. The average molecular weight is 334 g/mol. The molecule has 20 heavy (non-hydrogen) atoms. The van der Waals surface area contributed by atoms with Crippen LogP contribution in [0.25, 0.3) is 0 Å². The second-order valence-electron chi connectivity index (χ2n) is 4.88. The second-order valence-corrected chi connectivity index (χ2v) is 7.67. The Morgan fingerprint density at radius 2 is 2.25 bits per heavy atom. The molecule has 1 aliphatic rings. The maximum atomic E-state index is 11.9. The first-order valence-electron chi connectivity index (χ1n) is 6.30.